The van der Waals surface area contributed by atoms with E-state index < -0.39 is 29.3 Å². The smallest absolute Gasteiger partial charge is 0.331 e. The molecule has 3 atom stereocenters. The maximum Gasteiger partial charge on any atom is 0.331 e. The molecule has 0 bridgehead atoms. The highest BCUT2D eigenvalue weighted by Gasteiger charge is 2.43. The number of ether oxygens (including phenoxy) is 1. The Balaban J connectivity index is 1.45. The third-order valence-corrected chi connectivity index (χ3v) is 5.50. The predicted molar refractivity (Wildman–Crippen MR) is 109 cm³/mol. The summed E-state index contributed by atoms with van der Waals surface area (Å²) in [4.78, 5) is 25.0. The zero-order valence-corrected chi connectivity index (χ0v) is 16.3. The lowest BCUT2D eigenvalue weighted by atomic mass is 9.78. The van der Waals surface area contributed by atoms with E-state index in [0.717, 1.165) is 20.9 Å². The predicted octanol–water partition coefficient (Wildman–Crippen LogP) is 3.31. The Bertz CT molecular complexity index is 1110. The molecule has 1 aromatic heterocycles. The van der Waals surface area contributed by atoms with Crippen LogP contribution in [0.4, 0.5) is 8.78 Å². The molecule has 3 aromatic rings. The number of aromatic nitrogens is 2. The van der Waals surface area contributed by atoms with Gasteiger partial charge in [-0.25, -0.2) is 9.18 Å². The Hall–Kier alpha value is -3.06. The van der Waals surface area contributed by atoms with Gasteiger partial charge in [0.15, 0.2) is 0 Å². The molecule has 0 saturated heterocycles. The van der Waals surface area contributed by atoms with Crippen molar-refractivity contribution in [3.63, 3.8) is 0 Å². The van der Waals surface area contributed by atoms with Gasteiger partial charge in [-0.2, -0.15) is 4.39 Å². The first-order valence-electron chi connectivity index (χ1n) is 9.85. The third-order valence-electron chi connectivity index (χ3n) is 5.50. The lowest BCUT2D eigenvalue weighted by Crippen LogP contribution is -2.50. The molecule has 0 aliphatic heterocycles. The molecule has 2 aromatic carbocycles. The van der Waals surface area contributed by atoms with Crippen molar-refractivity contribution < 1.29 is 13.5 Å². The molecule has 0 amide bonds. The number of alkyl halides is 1. The Morgan fingerprint density at radius 3 is 2.23 bits per heavy atom. The van der Waals surface area contributed by atoms with E-state index in [2.05, 4.69) is 0 Å². The van der Waals surface area contributed by atoms with Crippen molar-refractivity contribution in [1.82, 2.24) is 9.13 Å². The molecule has 1 fully saturated rings. The summed E-state index contributed by atoms with van der Waals surface area (Å²) < 4.78 is 36.4. The maximum absolute atomic E-state index is 14.8. The van der Waals surface area contributed by atoms with Crippen LogP contribution >= 0.6 is 0 Å². The molecule has 7 heteroatoms. The molecule has 4 rings (SSSR count). The maximum atomic E-state index is 14.8. The third kappa shape index (κ3) is 4.11. The first-order chi connectivity index (χ1) is 14.5. The average Bonchev–Trinajstić information content (AvgIpc) is 2.77. The van der Waals surface area contributed by atoms with Gasteiger partial charge in [-0.3, -0.25) is 13.9 Å². The van der Waals surface area contributed by atoms with Crippen molar-refractivity contribution >= 4 is 0 Å². The first kappa shape index (κ1) is 20.2. The molecule has 5 nitrogen and oxygen atoms in total. The van der Waals surface area contributed by atoms with Crippen LogP contribution in [0.2, 0.25) is 0 Å². The van der Waals surface area contributed by atoms with Crippen LogP contribution < -0.4 is 11.2 Å². The monoisotopic (exact) mass is 412 g/mol. The van der Waals surface area contributed by atoms with E-state index >= 15 is 0 Å². The number of benzene rings is 2. The van der Waals surface area contributed by atoms with Crippen molar-refractivity contribution in [2.75, 3.05) is 6.61 Å². The van der Waals surface area contributed by atoms with Crippen molar-refractivity contribution in [3.05, 3.63) is 105 Å². The molecular formula is C23H22F2N2O3. The average molecular weight is 412 g/mol. The molecule has 30 heavy (non-hydrogen) atoms. The van der Waals surface area contributed by atoms with Gasteiger partial charge in [0, 0.05) is 5.92 Å². The van der Waals surface area contributed by atoms with Crippen molar-refractivity contribution in [1.29, 1.82) is 0 Å². The second kappa shape index (κ2) is 8.75. The van der Waals surface area contributed by atoms with Crippen LogP contribution in [-0.4, -0.2) is 21.9 Å². The van der Waals surface area contributed by atoms with Gasteiger partial charge in [-0.1, -0.05) is 60.7 Å². The highest BCUT2D eigenvalue weighted by atomic mass is 19.1. The molecule has 0 unspecified atom stereocenters. The topological polar surface area (TPSA) is 53.2 Å². The van der Waals surface area contributed by atoms with Crippen LogP contribution in [0.3, 0.4) is 0 Å². The van der Waals surface area contributed by atoms with Gasteiger partial charge < -0.3 is 4.74 Å². The fourth-order valence-corrected chi connectivity index (χ4v) is 3.75. The van der Waals surface area contributed by atoms with Crippen LogP contribution in [0.5, 0.6) is 0 Å². The summed E-state index contributed by atoms with van der Waals surface area (Å²) in [5.41, 5.74) is -0.0272. The van der Waals surface area contributed by atoms with Gasteiger partial charge in [0.2, 0.25) is 5.82 Å². The summed E-state index contributed by atoms with van der Waals surface area (Å²) in [7, 11) is 0. The van der Waals surface area contributed by atoms with Crippen LogP contribution in [-0.2, 0) is 17.9 Å². The number of halogens is 2. The molecule has 0 radical (unpaired) electrons. The van der Waals surface area contributed by atoms with Crippen LogP contribution in [0, 0.1) is 11.7 Å². The Morgan fingerprint density at radius 1 is 0.967 bits per heavy atom. The quantitative estimate of drug-likeness (QED) is 0.598. The minimum atomic E-state index is -1.35. The molecule has 1 aliphatic rings. The van der Waals surface area contributed by atoms with Gasteiger partial charge in [0.1, 0.15) is 6.17 Å². The summed E-state index contributed by atoms with van der Waals surface area (Å²) in [6.45, 7) is 0.530. The van der Waals surface area contributed by atoms with E-state index in [1.165, 1.54) is 0 Å². The zero-order valence-electron chi connectivity index (χ0n) is 16.3. The Kier molecular flexibility index (Phi) is 5.90. The van der Waals surface area contributed by atoms with Crippen molar-refractivity contribution in [2.24, 2.45) is 5.92 Å². The van der Waals surface area contributed by atoms with Crippen molar-refractivity contribution in [2.45, 2.75) is 31.8 Å². The molecule has 0 spiro atoms. The van der Waals surface area contributed by atoms with E-state index in [4.69, 9.17) is 4.74 Å². The number of hydrogen-bond donors (Lipinski definition) is 0. The van der Waals surface area contributed by atoms with E-state index in [-0.39, 0.29) is 19.1 Å². The van der Waals surface area contributed by atoms with E-state index in [9.17, 15) is 18.4 Å². The first-order valence-corrected chi connectivity index (χ1v) is 9.85. The standard InChI is InChI=1S/C23H22F2N2O3/c24-19-13-26(23(29)27(22(19)28)12-16-7-3-1-4-8-16)20-11-18(21(20)25)15-30-14-17-9-5-2-6-10-17/h1-10,13,18,20-21H,11-12,14-15H2/t18-,20+,21-/m1/s1. The lowest BCUT2D eigenvalue weighted by Gasteiger charge is -2.40. The molecule has 156 valence electrons. The number of hydrogen-bond acceptors (Lipinski definition) is 3. The highest BCUT2D eigenvalue weighted by Crippen LogP contribution is 2.40. The number of nitrogens with zero attached hydrogens (tertiary/aromatic N) is 2. The van der Waals surface area contributed by atoms with Crippen LogP contribution in [0.1, 0.15) is 23.6 Å². The second-order valence-electron chi connectivity index (χ2n) is 7.55. The highest BCUT2D eigenvalue weighted by molar-refractivity contribution is 5.15. The molecule has 1 saturated carbocycles. The molecule has 1 aliphatic carbocycles. The lowest BCUT2D eigenvalue weighted by molar-refractivity contribution is -0.0322. The summed E-state index contributed by atoms with van der Waals surface area (Å²) in [5.74, 6) is -1.44. The Labute approximate surface area is 172 Å². The summed E-state index contributed by atoms with van der Waals surface area (Å²) in [5, 5.41) is 0. The fourth-order valence-electron chi connectivity index (χ4n) is 3.75. The van der Waals surface area contributed by atoms with Gasteiger partial charge in [-0.05, 0) is 17.5 Å². The summed E-state index contributed by atoms with van der Waals surface area (Å²) in [6, 6.07) is 17.6. The Morgan fingerprint density at radius 2 is 1.60 bits per heavy atom. The summed E-state index contributed by atoms with van der Waals surface area (Å²) in [6.07, 6.45) is -0.177. The molecule has 1 heterocycles. The van der Waals surface area contributed by atoms with Gasteiger partial charge in [0.25, 0.3) is 5.56 Å². The number of rotatable bonds is 7. The summed E-state index contributed by atoms with van der Waals surface area (Å²) >= 11 is 0. The van der Waals surface area contributed by atoms with E-state index in [1.54, 1.807) is 30.3 Å². The minimum absolute atomic E-state index is 0.0659. The molecular weight excluding hydrogens is 390 g/mol. The van der Waals surface area contributed by atoms with E-state index in [0.29, 0.717) is 18.6 Å². The van der Waals surface area contributed by atoms with Gasteiger partial charge in [0.05, 0.1) is 32.0 Å². The van der Waals surface area contributed by atoms with Gasteiger partial charge in [-0.15, -0.1) is 0 Å². The zero-order chi connectivity index (χ0) is 21.1. The van der Waals surface area contributed by atoms with E-state index in [1.807, 2.05) is 30.3 Å². The largest absolute Gasteiger partial charge is 0.376 e. The van der Waals surface area contributed by atoms with Gasteiger partial charge >= 0.3 is 5.69 Å². The van der Waals surface area contributed by atoms with Crippen molar-refractivity contribution in [3.8, 4) is 0 Å². The second-order valence-corrected chi connectivity index (χ2v) is 7.55. The molecule has 0 N–H and O–H groups in total. The van der Waals surface area contributed by atoms with Crippen LogP contribution in [0.25, 0.3) is 0 Å². The SMILES string of the molecule is O=c1c(F)cn([C@H]2C[C@H](COCc3ccccc3)[C@H]2F)c(=O)n1Cc1ccccc1. The van der Waals surface area contributed by atoms with Crippen LogP contribution in [0.15, 0.2) is 76.4 Å². The normalized spacial score (nSPS) is 20.7. The minimum Gasteiger partial charge on any atom is -0.376 e. The fraction of sp³-hybridized carbons (Fsp3) is 0.304.